The van der Waals surface area contributed by atoms with E-state index in [1.54, 1.807) is 79.1 Å². The van der Waals surface area contributed by atoms with Gasteiger partial charge in [-0.15, -0.1) is 0 Å². The van der Waals surface area contributed by atoms with Crippen molar-refractivity contribution < 1.29 is 27.4 Å². The smallest absolute Gasteiger partial charge is 0.407 e. The van der Waals surface area contributed by atoms with Crippen molar-refractivity contribution >= 4 is 38.5 Å². The van der Waals surface area contributed by atoms with Crippen LogP contribution in [0.3, 0.4) is 0 Å². The second kappa shape index (κ2) is 13.0. The maximum absolute atomic E-state index is 15.2. The highest BCUT2D eigenvalue weighted by molar-refractivity contribution is 7.91. The molecule has 1 atom stereocenters. The third-order valence-corrected chi connectivity index (χ3v) is 8.91. The van der Waals surface area contributed by atoms with Crippen LogP contribution in [0.1, 0.15) is 24.0 Å². The number of aryl methyl sites for hydroxylation is 1. The number of aromatic nitrogens is 3. The van der Waals surface area contributed by atoms with Gasteiger partial charge in [-0.3, -0.25) is 4.72 Å². The van der Waals surface area contributed by atoms with Gasteiger partial charge in [0, 0.05) is 42.3 Å². The molecule has 1 amide bonds. The molecule has 13 heteroatoms. The molecule has 0 saturated carbocycles. The second-order valence-corrected chi connectivity index (χ2v) is 12.7. The molecule has 5 aromatic rings. The lowest BCUT2D eigenvalue weighted by Crippen LogP contribution is -2.44. The van der Waals surface area contributed by atoms with Crippen LogP contribution in [0.4, 0.5) is 20.8 Å². The summed E-state index contributed by atoms with van der Waals surface area (Å²) in [6, 6.07) is 19.9. The minimum absolute atomic E-state index is 0.136. The molecule has 1 unspecified atom stereocenters. The van der Waals surface area contributed by atoms with Gasteiger partial charge in [-0.05, 0) is 61.2 Å². The molecule has 1 saturated heterocycles. The Bertz CT molecular complexity index is 2010. The van der Waals surface area contributed by atoms with E-state index in [1.165, 1.54) is 11.0 Å². The van der Waals surface area contributed by atoms with Gasteiger partial charge in [0.2, 0.25) is 21.9 Å². The average molecular weight is 643 g/mol. The molecule has 1 aliphatic rings. The number of nitrogens with zero attached hydrogens (tertiary/aromatic N) is 4. The molecule has 6 rings (SSSR count). The first-order chi connectivity index (χ1) is 22.2. The number of anilines is 2. The Morgan fingerprint density at radius 3 is 2.63 bits per heavy atom. The summed E-state index contributed by atoms with van der Waals surface area (Å²) in [6.45, 7) is 2.65. The number of piperidine rings is 1. The van der Waals surface area contributed by atoms with Crippen LogP contribution in [-0.2, 0) is 15.8 Å². The number of pyridine rings is 1. The Kier molecular flexibility index (Phi) is 8.66. The number of hydrogen-bond acceptors (Lipinski definition) is 8. The maximum Gasteiger partial charge on any atom is 0.407 e. The van der Waals surface area contributed by atoms with E-state index in [9.17, 15) is 18.3 Å². The largest absolute Gasteiger partial charge is 0.465 e. The molecule has 1 aliphatic heterocycles. The molecular formula is C33H31FN6O5S. The van der Waals surface area contributed by atoms with E-state index in [1.807, 2.05) is 6.92 Å². The number of nitrogens with one attached hydrogen (secondary N) is 2. The minimum atomic E-state index is -3.94. The predicted molar refractivity (Wildman–Crippen MR) is 173 cm³/mol. The van der Waals surface area contributed by atoms with Gasteiger partial charge in [0.15, 0.2) is 0 Å². The molecule has 3 N–H and O–H groups in total. The van der Waals surface area contributed by atoms with Crippen LogP contribution in [0.5, 0.6) is 11.6 Å². The first-order valence-electron chi connectivity index (χ1n) is 14.6. The monoisotopic (exact) mass is 642 g/mol. The van der Waals surface area contributed by atoms with Crippen LogP contribution in [0.2, 0.25) is 0 Å². The fourth-order valence-corrected chi connectivity index (χ4v) is 6.70. The summed E-state index contributed by atoms with van der Waals surface area (Å²) in [7, 11) is -3.94. The molecule has 0 radical (unpaired) electrons. The number of sulfonamides is 1. The van der Waals surface area contributed by atoms with E-state index >= 15 is 4.39 Å². The summed E-state index contributed by atoms with van der Waals surface area (Å²) >= 11 is 0. The average Bonchev–Trinajstić information content (AvgIpc) is 3.04. The molecule has 236 valence electrons. The summed E-state index contributed by atoms with van der Waals surface area (Å²) in [5.41, 5.74) is 2.20. The quantitative estimate of drug-likeness (QED) is 0.166. The van der Waals surface area contributed by atoms with Gasteiger partial charge in [-0.2, -0.15) is 0 Å². The van der Waals surface area contributed by atoms with Crippen LogP contribution in [0.15, 0.2) is 85.2 Å². The molecule has 3 heterocycles. The number of likely N-dealkylation sites (tertiary alicyclic amines) is 1. The molecule has 46 heavy (non-hydrogen) atoms. The fraction of sp³-hybridized carbons (Fsp3) is 0.212. The van der Waals surface area contributed by atoms with Crippen LogP contribution in [0, 0.1) is 12.7 Å². The summed E-state index contributed by atoms with van der Waals surface area (Å²) in [5, 5.41) is 13.4. The lowest BCUT2D eigenvalue weighted by atomic mass is 10.0. The molecule has 1 fully saturated rings. The Morgan fingerprint density at radius 2 is 1.83 bits per heavy atom. The number of benzene rings is 3. The fourth-order valence-electron chi connectivity index (χ4n) is 5.48. The third kappa shape index (κ3) is 6.84. The van der Waals surface area contributed by atoms with Gasteiger partial charge in [-0.25, -0.2) is 32.6 Å². The van der Waals surface area contributed by atoms with Crippen LogP contribution >= 0.6 is 0 Å². The topological polar surface area (TPSA) is 147 Å². The number of hydrogen-bond donors (Lipinski definition) is 3. The molecule has 0 bridgehead atoms. The number of ether oxygens (including phenoxy) is 1. The first kappa shape index (κ1) is 30.7. The highest BCUT2D eigenvalue weighted by Crippen LogP contribution is 2.40. The van der Waals surface area contributed by atoms with Gasteiger partial charge in [-0.1, -0.05) is 42.5 Å². The molecular weight excluding hydrogens is 611 g/mol. The lowest BCUT2D eigenvalue weighted by molar-refractivity contribution is 0.132. The normalized spacial score (nSPS) is 15.0. The van der Waals surface area contributed by atoms with Crippen molar-refractivity contribution in [3.05, 3.63) is 102 Å². The van der Waals surface area contributed by atoms with E-state index in [4.69, 9.17) is 4.74 Å². The Hall–Kier alpha value is -5.30. The number of amides is 1. The van der Waals surface area contributed by atoms with Crippen LogP contribution < -0.4 is 14.8 Å². The molecule has 0 spiro atoms. The zero-order chi connectivity index (χ0) is 32.3. The first-order valence-corrected chi connectivity index (χ1v) is 16.3. The van der Waals surface area contributed by atoms with Crippen molar-refractivity contribution in [1.82, 2.24) is 19.9 Å². The Morgan fingerprint density at radius 1 is 1.02 bits per heavy atom. The van der Waals surface area contributed by atoms with Gasteiger partial charge in [0.1, 0.15) is 11.6 Å². The molecule has 11 nitrogen and oxygen atoms in total. The van der Waals surface area contributed by atoms with Crippen molar-refractivity contribution in [3.63, 3.8) is 0 Å². The van der Waals surface area contributed by atoms with Gasteiger partial charge in [0.25, 0.3) is 0 Å². The van der Waals surface area contributed by atoms with Crippen molar-refractivity contribution in [2.45, 2.75) is 31.6 Å². The highest BCUT2D eigenvalue weighted by atomic mass is 32.2. The van der Waals surface area contributed by atoms with Crippen molar-refractivity contribution in [2.75, 3.05) is 23.1 Å². The van der Waals surface area contributed by atoms with Crippen LogP contribution in [-0.4, -0.2) is 58.6 Å². The van der Waals surface area contributed by atoms with E-state index < -0.39 is 21.9 Å². The second-order valence-electron chi connectivity index (χ2n) is 11.0. The SMILES string of the molecule is Cc1ccc2c(NS(=O)(=O)Cc3ccccc3)c(F)ccc2c1Oc1ncccc1-c1ccnc(NC2CCCN(C(=O)O)C2)n1. The van der Waals surface area contributed by atoms with Crippen LogP contribution in [0.25, 0.3) is 22.0 Å². The Labute approximate surface area is 265 Å². The minimum Gasteiger partial charge on any atom is -0.465 e. The highest BCUT2D eigenvalue weighted by Gasteiger charge is 2.24. The number of fused-ring (bicyclic) bond motifs is 1. The number of carbonyl (C=O) groups is 1. The number of halogens is 1. The standard InChI is InChI=1S/C33H31FN6O5S/c1-21-11-12-24-25(13-14-27(34)29(24)39-46(43,44)20-22-7-3-2-4-8-22)30(21)45-31-26(10-5-16-35-31)28-15-17-36-32(38-28)37-23-9-6-18-40(19-23)33(41)42/h2-5,7-8,10-17,23,39H,6,9,18-20H2,1H3,(H,41,42)(H,36,37,38). The van der Waals surface area contributed by atoms with Crippen molar-refractivity contribution in [2.24, 2.45) is 0 Å². The zero-order valence-corrected chi connectivity index (χ0v) is 25.7. The molecule has 3 aromatic carbocycles. The van der Waals surface area contributed by atoms with E-state index in [0.29, 0.717) is 52.4 Å². The van der Waals surface area contributed by atoms with E-state index in [0.717, 1.165) is 18.4 Å². The third-order valence-electron chi connectivity index (χ3n) is 7.68. The lowest BCUT2D eigenvalue weighted by Gasteiger charge is -2.31. The van der Waals surface area contributed by atoms with Crippen molar-refractivity contribution in [3.8, 4) is 22.9 Å². The van der Waals surface area contributed by atoms with Gasteiger partial charge < -0.3 is 20.1 Å². The van der Waals surface area contributed by atoms with Gasteiger partial charge >= 0.3 is 6.09 Å². The summed E-state index contributed by atoms with van der Waals surface area (Å²) < 4.78 is 50.1. The van der Waals surface area contributed by atoms with E-state index in [2.05, 4.69) is 25.0 Å². The summed E-state index contributed by atoms with van der Waals surface area (Å²) in [5.74, 6) is -0.0844. The number of carboxylic acid groups (broad SMARTS) is 1. The zero-order valence-electron chi connectivity index (χ0n) is 24.9. The van der Waals surface area contributed by atoms with Crippen molar-refractivity contribution in [1.29, 1.82) is 0 Å². The maximum atomic E-state index is 15.2. The van der Waals surface area contributed by atoms with Gasteiger partial charge in [0.05, 0.1) is 22.7 Å². The number of rotatable bonds is 9. The Balaban J connectivity index is 1.30. The predicted octanol–water partition coefficient (Wildman–Crippen LogP) is 6.43. The van der Waals surface area contributed by atoms with E-state index in [-0.39, 0.29) is 23.4 Å². The summed E-state index contributed by atoms with van der Waals surface area (Å²) in [4.78, 5) is 26.3. The molecule has 2 aromatic heterocycles. The summed E-state index contributed by atoms with van der Waals surface area (Å²) in [6.07, 6.45) is 3.73. The molecule has 0 aliphatic carbocycles.